The van der Waals surface area contributed by atoms with E-state index in [9.17, 15) is 9.18 Å². The fraction of sp³-hybridized carbons (Fsp3) is 0. The molecular weight excluding hydrogens is 313 g/mol. The third-order valence-corrected chi connectivity index (χ3v) is 3.05. The minimum Gasteiger partial charge on any atom is -0.399 e. The van der Waals surface area contributed by atoms with Crippen LogP contribution in [-0.2, 0) is 0 Å². The summed E-state index contributed by atoms with van der Waals surface area (Å²) in [6.45, 7) is 0. The number of amides is 2. The number of nitrogen functional groups attached to an aromatic ring is 1. The summed E-state index contributed by atoms with van der Waals surface area (Å²) < 4.78 is 14.0. The molecule has 4 nitrogen and oxygen atoms in total. The van der Waals surface area contributed by atoms with Gasteiger partial charge in [0, 0.05) is 10.2 Å². The molecule has 0 saturated heterocycles. The topological polar surface area (TPSA) is 67.1 Å². The van der Waals surface area contributed by atoms with Gasteiger partial charge in [0.2, 0.25) is 0 Å². The highest BCUT2D eigenvalue weighted by Gasteiger charge is 2.08. The second-order valence-electron chi connectivity index (χ2n) is 3.80. The summed E-state index contributed by atoms with van der Waals surface area (Å²) in [4.78, 5) is 11.7. The van der Waals surface area contributed by atoms with Crippen molar-refractivity contribution in [3.8, 4) is 0 Å². The van der Waals surface area contributed by atoms with Crippen LogP contribution < -0.4 is 16.4 Å². The van der Waals surface area contributed by atoms with Crippen LogP contribution >= 0.6 is 15.9 Å². The van der Waals surface area contributed by atoms with Crippen LogP contribution in [0.15, 0.2) is 46.9 Å². The molecule has 0 aliphatic rings. The molecule has 0 aliphatic carbocycles. The lowest BCUT2D eigenvalue weighted by Gasteiger charge is -2.10. The molecule has 0 atom stereocenters. The number of carbonyl (C=O) groups excluding carboxylic acids is 1. The number of benzene rings is 2. The molecule has 0 bridgehead atoms. The van der Waals surface area contributed by atoms with E-state index in [0.29, 0.717) is 15.8 Å². The Morgan fingerprint density at radius 3 is 2.53 bits per heavy atom. The zero-order valence-corrected chi connectivity index (χ0v) is 11.4. The monoisotopic (exact) mass is 323 g/mol. The molecule has 0 spiro atoms. The second-order valence-corrected chi connectivity index (χ2v) is 4.65. The maximum atomic E-state index is 13.4. The molecule has 2 aromatic rings. The SMILES string of the molecule is Nc1ccc(Br)c(NC(=O)Nc2ccccc2F)c1. The Hall–Kier alpha value is -2.08. The molecule has 0 unspecified atom stereocenters. The van der Waals surface area contributed by atoms with Crippen LogP contribution in [-0.4, -0.2) is 6.03 Å². The lowest BCUT2D eigenvalue weighted by atomic mass is 10.3. The number of hydrogen-bond donors (Lipinski definition) is 3. The van der Waals surface area contributed by atoms with Crippen LogP contribution in [0.5, 0.6) is 0 Å². The number of nitrogens with two attached hydrogens (primary N) is 1. The average Bonchev–Trinajstić information content (AvgIpc) is 2.37. The molecule has 6 heteroatoms. The van der Waals surface area contributed by atoms with Gasteiger partial charge in [-0.1, -0.05) is 12.1 Å². The van der Waals surface area contributed by atoms with Crippen LogP contribution in [0.2, 0.25) is 0 Å². The van der Waals surface area contributed by atoms with Gasteiger partial charge in [0.1, 0.15) is 5.82 Å². The summed E-state index contributed by atoms with van der Waals surface area (Å²) >= 11 is 3.29. The van der Waals surface area contributed by atoms with Crippen molar-refractivity contribution in [2.45, 2.75) is 0 Å². The van der Waals surface area contributed by atoms with Gasteiger partial charge in [0.25, 0.3) is 0 Å². The molecule has 2 rings (SSSR count). The number of anilines is 3. The average molecular weight is 324 g/mol. The Balaban J connectivity index is 2.10. The highest BCUT2D eigenvalue weighted by Crippen LogP contribution is 2.25. The molecule has 2 amide bonds. The van der Waals surface area contributed by atoms with Crippen LogP contribution in [0.1, 0.15) is 0 Å². The Kier molecular flexibility index (Phi) is 4.01. The number of para-hydroxylation sites is 1. The summed E-state index contributed by atoms with van der Waals surface area (Å²) in [6.07, 6.45) is 0. The molecule has 0 heterocycles. The van der Waals surface area contributed by atoms with E-state index in [1.165, 1.54) is 12.1 Å². The van der Waals surface area contributed by atoms with E-state index in [4.69, 9.17) is 5.73 Å². The van der Waals surface area contributed by atoms with Crippen LogP contribution in [0, 0.1) is 5.82 Å². The van der Waals surface area contributed by atoms with E-state index in [2.05, 4.69) is 26.6 Å². The first kappa shape index (κ1) is 13.4. The fourth-order valence-electron chi connectivity index (χ4n) is 1.48. The number of rotatable bonds is 2. The normalized spacial score (nSPS) is 10.0. The number of carbonyl (C=O) groups is 1. The summed E-state index contributed by atoms with van der Waals surface area (Å²) in [5, 5.41) is 5.00. The second kappa shape index (κ2) is 5.71. The maximum Gasteiger partial charge on any atom is 0.323 e. The number of hydrogen-bond acceptors (Lipinski definition) is 2. The van der Waals surface area contributed by atoms with Crippen molar-refractivity contribution in [1.82, 2.24) is 0 Å². The van der Waals surface area contributed by atoms with E-state index >= 15 is 0 Å². The largest absolute Gasteiger partial charge is 0.399 e. The van der Waals surface area contributed by atoms with Gasteiger partial charge in [-0.15, -0.1) is 0 Å². The van der Waals surface area contributed by atoms with Gasteiger partial charge in [-0.3, -0.25) is 0 Å². The van der Waals surface area contributed by atoms with Crippen molar-refractivity contribution in [3.05, 3.63) is 52.8 Å². The van der Waals surface area contributed by atoms with E-state index in [-0.39, 0.29) is 5.69 Å². The zero-order valence-electron chi connectivity index (χ0n) is 9.78. The predicted octanol–water partition coefficient (Wildman–Crippen LogP) is 3.81. The van der Waals surface area contributed by atoms with Gasteiger partial charge in [-0.05, 0) is 46.3 Å². The molecule has 2 aromatic carbocycles. The first-order valence-corrected chi connectivity index (χ1v) is 6.23. The summed E-state index contributed by atoms with van der Waals surface area (Å²) in [5.74, 6) is -0.496. The Labute approximate surface area is 117 Å². The van der Waals surface area contributed by atoms with Gasteiger partial charge >= 0.3 is 6.03 Å². The van der Waals surface area contributed by atoms with Gasteiger partial charge < -0.3 is 16.4 Å². The van der Waals surface area contributed by atoms with Crippen molar-refractivity contribution in [3.63, 3.8) is 0 Å². The number of urea groups is 1. The molecule has 0 saturated carbocycles. The van der Waals surface area contributed by atoms with Crippen molar-refractivity contribution in [2.75, 3.05) is 16.4 Å². The van der Waals surface area contributed by atoms with Gasteiger partial charge in [-0.2, -0.15) is 0 Å². The van der Waals surface area contributed by atoms with Gasteiger partial charge in [-0.25, -0.2) is 9.18 Å². The third-order valence-electron chi connectivity index (χ3n) is 2.36. The molecule has 98 valence electrons. The molecule has 0 radical (unpaired) electrons. The van der Waals surface area contributed by atoms with Crippen molar-refractivity contribution in [1.29, 1.82) is 0 Å². The lowest BCUT2D eigenvalue weighted by molar-refractivity contribution is 0.262. The summed E-state index contributed by atoms with van der Waals surface area (Å²) in [5.41, 5.74) is 6.76. The minimum atomic E-state index is -0.545. The standard InChI is InChI=1S/C13H11BrFN3O/c14-9-6-5-8(16)7-12(9)18-13(19)17-11-4-2-1-3-10(11)15/h1-7H,16H2,(H2,17,18,19). The van der Waals surface area contributed by atoms with Crippen LogP contribution in [0.4, 0.5) is 26.2 Å². The number of nitrogens with one attached hydrogen (secondary N) is 2. The smallest absolute Gasteiger partial charge is 0.323 e. The lowest BCUT2D eigenvalue weighted by Crippen LogP contribution is -2.20. The van der Waals surface area contributed by atoms with E-state index < -0.39 is 11.8 Å². The highest BCUT2D eigenvalue weighted by atomic mass is 79.9. The summed E-state index contributed by atoms with van der Waals surface area (Å²) in [7, 11) is 0. The Bertz CT molecular complexity index is 619. The van der Waals surface area contributed by atoms with Crippen molar-refractivity contribution >= 4 is 39.0 Å². The van der Waals surface area contributed by atoms with E-state index in [1.54, 1.807) is 30.3 Å². The number of halogens is 2. The van der Waals surface area contributed by atoms with Crippen molar-refractivity contribution in [2.24, 2.45) is 0 Å². The fourth-order valence-corrected chi connectivity index (χ4v) is 1.82. The Morgan fingerprint density at radius 1 is 1.11 bits per heavy atom. The van der Waals surface area contributed by atoms with Gasteiger partial charge in [0.05, 0.1) is 11.4 Å². The maximum absolute atomic E-state index is 13.4. The summed E-state index contributed by atoms with van der Waals surface area (Å²) in [6, 6.07) is 10.4. The first-order chi connectivity index (χ1) is 9.06. The Morgan fingerprint density at radius 2 is 1.79 bits per heavy atom. The molecule has 0 aromatic heterocycles. The van der Waals surface area contributed by atoms with Crippen LogP contribution in [0.25, 0.3) is 0 Å². The predicted molar refractivity (Wildman–Crippen MR) is 77.6 cm³/mol. The molecule has 19 heavy (non-hydrogen) atoms. The highest BCUT2D eigenvalue weighted by molar-refractivity contribution is 9.10. The van der Waals surface area contributed by atoms with Crippen molar-refractivity contribution < 1.29 is 9.18 Å². The van der Waals surface area contributed by atoms with E-state index in [0.717, 1.165) is 0 Å². The zero-order chi connectivity index (χ0) is 13.8. The van der Waals surface area contributed by atoms with Gasteiger partial charge in [0.15, 0.2) is 0 Å². The third kappa shape index (κ3) is 3.45. The molecular formula is C13H11BrFN3O. The quantitative estimate of drug-likeness (QED) is 0.735. The van der Waals surface area contributed by atoms with Crippen LogP contribution in [0.3, 0.4) is 0 Å². The molecule has 0 fully saturated rings. The first-order valence-electron chi connectivity index (χ1n) is 5.44. The van der Waals surface area contributed by atoms with E-state index in [1.807, 2.05) is 0 Å². The minimum absolute atomic E-state index is 0.111. The molecule has 4 N–H and O–H groups in total. The molecule has 0 aliphatic heterocycles.